The minimum absolute atomic E-state index is 0.212. The van der Waals surface area contributed by atoms with Crippen LogP contribution in [0.2, 0.25) is 5.02 Å². The van der Waals surface area contributed by atoms with Gasteiger partial charge in [0.15, 0.2) is 0 Å². The third-order valence-corrected chi connectivity index (χ3v) is 7.41. The van der Waals surface area contributed by atoms with Crippen LogP contribution in [-0.2, 0) is 22.4 Å². The summed E-state index contributed by atoms with van der Waals surface area (Å²) in [6.07, 6.45) is 10.5. The zero-order chi connectivity index (χ0) is 27.0. The van der Waals surface area contributed by atoms with Crippen molar-refractivity contribution < 1.29 is 19.0 Å². The lowest BCUT2D eigenvalue weighted by molar-refractivity contribution is 0.0629. The standard InChI is InChI=1S/C30H35ClN4O4/c1-37-18-19-39-30(36)35-15-12-25-26-20-23(31)8-11-27(26)33-28(25)29(35)22-6-9-24(10-7-22)38-17-5-3-2-4-14-34-16-13-32-21-34/h6-11,13,16,20-21,29,33H,2-5,12,14-15,17-19H2,1H3. The van der Waals surface area contributed by atoms with Crippen molar-refractivity contribution >= 4 is 28.6 Å². The Hall–Kier alpha value is -3.49. The Labute approximate surface area is 233 Å². The van der Waals surface area contributed by atoms with Crippen LogP contribution in [0.3, 0.4) is 0 Å². The van der Waals surface area contributed by atoms with Crippen molar-refractivity contribution in [2.75, 3.05) is 33.5 Å². The maximum atomic E-state index is 13.1. The highest BCUT2D eigenvalue weighted by molar-refractivity contribution is 6.31. The van der Waals surface area contributed by atoms with Crippen LogP contribution < -0.4 is 4.74 Å². The third-order valence-electron chi connectivity index (χ3n) is 7.17. The summed E-state index contributed by atoms with van der Waals surface area (Å²) in [6.45, 7) is 2.80. The molecular weight excluding hydrogens is 516 g/mol. The molecule has 2 aromatic carbocycles. The van der Waals surface area contributed by atoms with E-state index in [9.17, 15) is 4.79 Å². The quantitative estimate of drug-likeness (QED) is 0.207. The molecule has 0 spiro atoms. The molecule has 2 aromatic heterocycles. The van der Waals surface area contributed by atoms with Crippen molar-refractivity contribution in [3.8, 4) is 5.75 Å². The van der Waals surface area contributed by atoms with Crippen molar-refractivity contribution in [1.29, 1.82) is 0 Å². The van der Waals surface area contributed by atoms with Gasteiger partial charge in [-0.25, -0.2) is 9.78 Å². The number of nitrogens with one attached hydrogen (secondary N) is 1. The molecule has 5 rings (SSSR count). The zero-order valence-corrected chi connectivity index (χ0v) is 23.0. The molecule has 1 aliphatic rings. The first-order valence-corrected chi connectivity index (χ1v) is 13.9. The first-order valence-electron chi connectivity index (χ1n) is 13.5. The van der Waals surface area contributed by atoms with E-state index in [2.05, 4.69) is 14.5 Å². The van der Waals surface area contributed by atoms with E-state index in [-0.39, 0.29) is 18.7 Å². The number of aryl methyl sites for hydroxylation is 1. The molecule has 1 atom stereocenters. The number of carbonyl (C=O) groups is 1. The number of halogens is 1. The van der Waals surface area contributed by atoms with E-state index in [4.69, 9.17) is 25.8 Å². The molecule has 206 valence electrons. The van der Waals surface area contributed by atoms with E-state index in [1.807, 2.05) is 61.2 Å². The van der Waals surface area contributed by atoms with Crippen molar-refractivity contribution in [2.24, 2.45) is 0 Å². The average molecular weight is 551 g/mol. The summed E-state index contributed by atoms with van der Waals surface area (Å²) in [7, 11) is 1.59. The topological polar surface area (TPSA) is 81.6 Å². The molecule has 3 heterocycles. The number of rotatable bonds is 12. The summed E-state index contributed by atoms with van der Waals surface area (Å²) in [5.41, 5.74) is 4.18. The van der Waals surface area contributed by atoms with Crippen molar-refractivity contribution in [1.82, 2.24) is 19.4 Å². The lowest BCUT2D eigenvalue weighted by atomic mass is 9.92. The minimum atomic E-state index is -0.354. The Morgan fingerprint density at radius 1 is 1.08 bits per heavy atom. The van der Waals surface area contributed by atoms with Crippen LogP contribution in [0.4, 0.5) is 4.79 Å². The van der Waals surface area contributed by atoms with E-state index in [0.717, 1.165) is 66.6 Å². The highest BCUT2D eigenvalue weighted by atomic mass is 35.5. The fourth-order valence-corrected chi connectivity index (χ4v) is 5.38. The van der Waals surface area contributed by atoms with Crippen molar-refractivity contribution in [2.45, 2.75) is 44.7 Å². The predicted octanol–water partition coefficient (Wildman–Crippen LogP) is 6.39. The van der Waals surface area contributed by atoms with Crippen molar-refractivity contribution in [3.05, 3.63) is 83.0 Å². The van der Waals surface area contributed by atoms with Crippen LogP contribution in [0.5, 0.6) is 5.75 Å². The Bertz CT molecular complexity index is 1350. The number of ether oxygens (including phenoxy) is 3. The molecule has 0 aliphatic carbocycles. The maximum absolute atomic E-state index is 13.1. The number of amides is 1. The molecule has 0 saturated heterocycles. The molecule has 39 heavy (non-hydrogen) atoms. The monoisotopic (exact) mass is 550 g/mol. The number of fused-ring (bicyclic) bond motifs is 3. The van der Waals surface area contributed by atoms with Gasteiger partial charge in [-0.2, -0.15) is 0 Å². The number of aromatic nitrogens is 3. The van der Waals surface area contributed by atoms with Gasteiger partial charge in [-0.3, -0.25) is 4.90 Å². The van der Waals surface area contributed by atoms with Gasteiger partial charge in [0.05, 0.1) is 19.5 Å². The molecule has 8 nitrogen and oxygen atoms in total. The second-order valence-corrected chi connectivity index (χ2v) is 10.2. The number of nitrogens with zero attached hydrogens (tertiary/aromatic N) is 3. The van der Waals surface area contributed by atoms with Crippen LogP contribution in [0.25, 0.3) is 10.9 Å². The van der Waals surface area contributed by atoms with Crippen LogP contribution >= 0.6 is 11.6 Å². The summed E-state index contributed by atoms with van der Waals surface area (Å²) in [5, 5.41) is 1.79. The zero-order valence-electron chi connectivity index (χ0n) is 22.3. The molecule has 1 N–H and O–H groups in total. The number of unbranched alkanes of at least 4 members (excludes halogenated alkanes) is 3. The summed E-state index contributed by atoms with van der Waals surface area (Å²) in [5.74, 6) is 0.825. The normalized spacial score (nSPS) is 14.9. The van der Waals surface area contributed by atoms with Gasteiger partial charge in [0.2, 0.25) is 0 Å². The van der Waals surface area contributed by atoms with Gasteiger partial charge in [-0.1, -0.05) is 36.6 Å². The average Bonchev–Trinajstić information content (AvgIpc) is 3.60. The molecule has 1 unspecified atom stereocenters. The summed E-state index contributed by atoms with van der Waals surface area (Å²) >= 11 is 6.31. The lowest BCUT2D eigenvalue weighted by Gasteiger charge is -2.35. The van der Waals surface area contributed by atoms with Gasteiger partial charge in [0, 0.05) is 54.2 Å². The molecule has 1 amide bonds. The number of carbonyl (C=O) groups excluding carboxylic acids is 1. The molecule has 4 aromatic rings. The van der Waals surface area contributed by atoms with Crippen LogP contribution in [-0.4, -0.2) is 59.0 Å². The smallest absolute Gasteiger partial charge is 0.410 e. The van der Waals surface area contributed by atoms with Crippen LogP contribution in [0, 0.1) is 0 Å². The molecule has 0 fully saturated rings. The number of H-pyrrole nitrogens is 1. The number of hydrogen-bond donors (Lipinski definition) is 1. The number of aromatic amines is 1. The van der Waals surface area contributed by atoms with Gasteiger partial charge in [-0.05, 0) is 60.7 Å². The number of methoxy groups -OCH3 is 1. The van der Waals surface area contributed by atoms with Gasteiger partial charge >= 0.3 is 6.09 Å². The van der Waals surface area contributed by atoms with Crippen molar-refractivity contribution in [3.63, 3.8) is 0 Å². The van der Waals surface area contributed by atoms with Crippen LogP contribution in [0.1, 0.15) is 48.5 Å². The number of hydrogen-bond acceptors (Lipinski definition) is 5. The summed E-state index contributed by atoms with van der Waals surface area (Å²) < 4.78 is 18.7. The lowest BCUT2D eigenvalue weighted by Crippen LogP contribution is -2.41. The Morgan fingerprint density at radius 2 is 1.92 bits per heavy atom. The Kier molecular flexibility index (Phi) is 9.06. The largest absolute Gasteiger partial charge is 0.494 e. The highest BCUT2D eigenvalue weighted by Gasteiger charge is 2.35. The van der Waals surface area contributed by atoms with Gasteiger partial charge in [-0.15, -0.1) is 0 Å². The molecular formula is C30H35ClN4O4. The van der Waals surface area contributed by atoms with Gasteiger partial charge < -0.3 is 23.8 Å². The Morgan fingerprint density at radius 3 is 2.72 bits per heavy atom. The summed E-state index contributed by atoms with van der Waals surface area (Å²) in [4.78, 5) is 22.5. The first kappa shape index (κ1) is 27.1. The molecule has 0 radical (unpaired) electrons. The molecule has 9 heteroatoms. The second-order valence-electron chi connectivity index (χ2n) is 9.79. The number of imidazole rings is 1. The van der Waals surface area contributed by atoms with E-state index in [1.165, 1.54) is 5.56 Å². The number of benzene rings is 2. The molecule has 0 saturated carbocycles. The van der Waals surface area contributed by atoms with E-state index in [1.54, 1.807) is 12.0 Å². The minimum Gasteiger partial charge on any atom is -0.494 e. The second kappa shape index (κ2) is 13.0. The fraction of sp³-hybridized carbons (Fsp3) is 0.400. The van der Waals surface area contributed by atoms with E-state index < -0.39 is 0 Å². The van der Waals surface area contributed by atoms with Crippen LogP contribution in [0.15, 0.2) is 61.2 Å². The summed E-state index contributed by atoms with van der Waals surface area (Å²) in [6, 6.07) is 13.6. The first-order chi connectivity index (χ1) is 19.1. The fourth-order valence-electron chi connectivity index (χ4n) is 5.20. The Balaban J connectivity index is 1.25. The highest BCUT2D eigenvalue weighted by Crippen LogP contribution is 2.39. The van der Waals surface area contributed by atoms with E-state index >= 15 is 0 Å². The molecule has 0 bridgehead atoms. The SMILES string of the molecule is COCCOC(=O)N1CCc2c([nH]c3ccc(Cl)cc23)C1c1ccc(OCCCCCCn2ccnc2)cc1. The van der Waals surface area contributed by atoms with Gasteiger partial charge in [0.1, 0.15) is 18.4 Å². The maximum Gasteiger partial charge on any atom is 0.410 e. The van der Waals surface area contributed by atoms with Gasteiger partial charge in [0.25, 0.3) is 0 Å². The molecule has 1 aliphatic heterocycles. The van der Waals surface area contributed by atoms with E-state index in [0.29, 0.717) is 24.8 Å². The third kappa shape index (κ3) is 6.57. The predicted molar refractivity (Wildman–Crippen MR) is 151 cm³/mol.